The molecule has 2 N–H and O–H groups in total. The van der Waals surface area contributed by atoms with Gasteiger partial charge >= 0.3 is 0 Å². The molecule has 21 heavy (non-hydrogen) atoms. The highest BCUT2D eigenvalue weighted by atomic mass is 16.1. The van der Waals surface area contributed by atoms with Gasteiger partial charge in [0.1, 0.15) is 0 Å². The molecule has 0 aromatic heterocycles. The van der Waals surface area contributed by atoms with Crippen LogP contribution >= 0.6 is 0 Å². The molecule has 0 saturated heterocycles. The Bertz CT molecular complexity index is 498. The first-order valence-electron chi connectivity index (χ1n) is 8.16. The summed E-state index contributed by atoms with van der Waals surface area (Å²) in [6.45, 7) is 8.66. The largest absolute Gasteiger partial charge is 0.382 e. The van der Waals surface area contributed by atoms with Crippen LogP contribution in [0.5, 0.6) is 0 Å². The zero-order valence-electron chi connectivity index (χ0n) is 13.7. The summed E-state index contributed by atoms with van der Waals surface area (Å²) in [6, 6.07) is 6.64. The molecule has 3 nitrogen and oxygen atoms in total. The average Bonchev–Trinajstić information content (AvgIpc) is 2.46. The Labute approximate surface area is 128 Å². The van der Waals surface area contributed by atoms with E-state index >= 15 is 0 Å². The molecule has 1 fully saturated rings. The first kappa shape index (κ1) is 15.9. The number of carbonyl (C=O) groups is 1. The second-order valence-electron chi connectivity index (χ2n) is 6.58. The number of nitrogens with one attached hydrogen (secondary N) is 2. The summed E-state index contributed by atoms with van der Waals surface area (Å²) in [5.74, 6) is 1.56. The van der Waals surface area contributed by atoms with Crippen LogP contribution in [0.25, 0.3) is 0 Å². The minimum atomic E-state index is 0.0597. The third-order valence-corrected chi connectivity index (χ3v) is 4.64. The van der Waals surface area contributed by atoms with Gasteiger partial charge in [-0.3, -0.25) is 4.79 Å². The van der Waals surface area contributed by atoms with E-state index in [2.05, 4.69) is 43.5 Å². The number of hydrogen-bond acceptors (Lipinski definition) is 2. The van der Waals surface area contributed by atoms with Crippen LogP contribution in [0.3, 0.4) is 0 Å². The maximum Gasteiger partial charge on any atom is 0.224 e. The topological polar surface area (TPSA) is 41.1 Å². The van der Waals surface area contributed by atoms with Crippen molar-refractivity contribution in [2.75, 3.05) is 10.6 Å². The maximum absolute atomic E-state index is 11.5. The monoisotopic (exact) mass is 288 g/mol. The van der Waals surface area contributed by atoms with E-state index < -0.39 is 0 Å². The van der Waals surface area contributed by atoms with Crippen LogP contribution in [-0.2, 0) is 4.79 Å². The molecule has 1 aliphatic carbocycles. The molecule has 3 heteroatoms. The molecule has 0 aliphatic heterocycles. The molecular formula is C18H28N2O. The Balaban J connectivity index is 2.11. The fourth-order valence-electron chi connectivity index (χ4n) is 3.04. The van der Waals surface area contributed by atoms with Crippen molar-refractivity contribution in [1.82, 2.24) is 0 Å². The summed E-state index contributed by atoms with van der Waals surface area (Å²) in [6.07, 6.45) is 4.37. The number of carbonyl (C=O) groups excluding carboxylic acids is 1. The molecule has 0 bridgehead atoms. The Hall–Kier alpha value is -1.51. The lowest BCUT2D eigenvalue weighted by Crippen LogP contribution is -2.33. The van der Waals surface area contributed by atoms with Crippen LogP contribution in [0.4, 0.5) is 11.4 Å². The van der Waals surface area contributed by atoms with Gasteiger partial charge in [0, 0.05) is 23.8 Å². The molecule has 1 saturated carbocycles. The zero-order valence-corrected chi connectivity index (χ0v) is 13.7. The lowest BCUT2D eigenvalue weighted by atomic mass is 9.80. The highest BCUT2D eigenvalue weighted by Gasteiger charge is 2.25. The standard InChI is InChI=1S/C18H28N2O/c1-5-18(21)19-15-9-8-14(4)17(11-15)20-16-10-12(2)6-7-13(16)3/h8-9,11-13,16,20H,5-7,10H2,1-4H3,(H,19,21). The van der Waals surface area contributed by atoms with Crippen molar-refractivity contribution in [1.29, 1.82) is 0 Å². The van der Waals surface area contributed by atoms with Gasteiger partial charge in [-0.25, -0.2) is 0 Å². The van der Waals surface area contributed by atoms with E-state index in [1.807, 2.05) is 13.0 Å². The van der Waals surface area contributed by atoms with Crippen LogP contribution in [-0.4, -0.2) is 11.9 Å². The Kier molecular flexibility index (Phi) is 5.27. The molecule has 0 radical (unpaired) electrons. The summed E-state index contributed by atoms with van der Waals surface area (Å²) >= 11 is 0. The van der Waals surface area contributed by atoms with E-state index in [1.165, 1.54) is 24.8 Å². The van der Waals surface area contributed by atoms with E-state index in [0.717, 1.165) is 17.3 Å². The first-order chi connectivity index (χ1) is 9.99. The molecule has 0 spiro atoms. The number of benzene rings is 1. The van der Waals surface area contributed by atoms with Gasteiger partial charge in [-0.15, -0.1) is 0 Å². The van der Waals surface area contributed by atoms with E-state index in [1.54, 1.807) is 0 Å². The van der Waals surface area contributed by atoms with Gasteiger partial charge in [0.05, 0.1) is 0 Å². The average molecular weight is 288 g/mol. The van der Waals surface area contributed by atoms with Gasteiger partial charge in [0.15, 0.2) is 0 Å². The van der Waals surface area contributed by atoms with Crippen LogP contribution in [0.1, 0.15) is 52.0 Å². The third-order valence-electron chi connectivity index (χ3n) is 4.64. The number of aryl methyl sites for hydroxylation is 1. The van der Waals surface area contributed by atoms with Crippen molar-refractivity contribution < 1.29 is 4.79 Å². The van der Waals surface area contributed by atoms with Gasteiger partial charge in [-0.2, -0.15) is 0 Å². The summed E-state index contributed by atoms with van der Waals surface area (Å²) in [5, 5.41) is 6.65. The minimum Gasteiger partial charge on any atom is -0.382 e. The number of anilines is 2. The second kappa shape index (κ2) is 6.97. The van der Waals surface area contributed by atoms with Crippen LogP contribution < -0.4 is 10.6 Å². The van der Waals surface area contributed by atoms with Crippen molar-refractivity contribution >= 4 is 17.3 Å². The van der Waals surface area contributed by atoms with Crippen LogP contribution in [0, 0.1) is 18.8 Å². The van der Waals surface area contributed by atoms with Gasteiger partial charge in [0.2, 0.25) is 5.91 Å². The molecule has 3 atom stereocenters. The maximum atomic E-state index is 11.5. The molecule has 116 valence electrons. The lowest BCUT2D eigenvalue weighted by molar-refractivity contribution is -0.115. The highest BCUT2D eigenvalue weighted by molar-refractivity contribution is 5.91. The normalized spacial score (nSPS) is 25.4. The van der Waals surface area contributed by atoms with E-state index in [9.17, 15) is 4.79 Å². The van der Waals surface area contributed by atoms with E-state index in [-0.39, 0.29) is 5.91 Å². The minimum absolute atomic E-state index is 0.0597. The molecule has 1 amide bonds. The van der Waals surface area contributed by atoms with Crippen molar-refractivity contribution in [3.63, 3.8) is 0 Å². The van der Waals surface area contributed by atoms with Crippen molar-refractivity contribution in [2.45, 2.75) is 59.4 Å². The Morgan fingerprint density at radius 2 is 2.05 bits per heavy atom. The summed E-state index contributed by atoms with van der Waals surface area (Å²) < 4.78 is 0. The van der Waals surface area contributed by atoms with Gasteiger partial charge in [-0.05, 0) is 49.3 Å². The number of rotatable bonds is 4. The molecule has 1 aromatic rings. The Morgan fingerprint density at radius 1 is 1.29 bits per heavy atom. The molecule has 2 rings (SSSR count). The Morgan fingerprint density at radius 3 is 2.76 bits per heavy atom. The highest BCUT2D eigenvalue weighted by Crippen LogP contribution is 2.32. The molecule has 1 aromatic carbocycles. The quantitative estimate of drug-likeness (QED) is 0.851. The first-order valence-corrected chi connectivity index (χ1v) is 8.16. The summed E-state index contributed by atoms with van der Waals surface area (Å²) in [7, 11) is 0. The molecule has 0 heterocycles. The van der Waals surface area contributed by atoms with Gasteiger partial charge < -0.3 is 10.6 Å². The number of hydrogen-bond donors (Lipinski definition) is 2. The predicted octanol–water partition coefficient (Wildman–Crippen LogP) is 4.58. The second-order valence-corrected chi connectivity index (χ2v) is 6.58. The van der Waals surface area contributed by atoms with Crippen LogP contribution in [0.2, 0.25) is 0 Å². The molecule has 1 aliphatic rings. The summed E-state index contributed by atoms with van der Waals surface area (Å²) in [4.78, 5) is 11.5. The SMILES string of the molecule is CCC(=O)Nc1ccc(C)c(NC2CC(C)CCC2C)c1. The number of amides is 1. The van der Waals surface area contributed by atoms with E-state index in [0.29, 0.717) is 18.4 Å². The lowest BCUT2D eigenvalue weighted by Gasteiger charge is -2.34. The molecule has 3 unspecified atom stereocenters. The van der Waals surface area contributed by atoms with Crippen molar-refractivity contribution in [3.05, 3.63) is 23.8 Å². The summed E-state index contributed by atoms with van der Waals surface area (Å²) in [5.41, 5.74) is 3.26. The van der Waals surface area contributed by atoms with Gasteiger partial charge in [0.25, 0.3) is 0 Å². The third kappa shape index (κ3) is 4.23. The van der Waals surface area contributed by atoms with Gasteiger partial charge in [-0.1, -0.05) is 33.3 Å². The zero-order chi connectivity index (χ0) is 15.4. The predicted molar refractivity (Wildman–Crippen MR) is 89.7 cm³/mol. The van der Waals surface area contributed by atoms with Crippen molar-refractivity contribution in [3.8, 4) is 0 Å². The molecular weight excluding hydrogens is 260 g/mol. The van der Waals surface area contributed by atoms with Crippen molar-refractivity contribution in [2.24, 2.45) is 11.8 Å². The van der Waals surface area contributed by atoms with Crippen LogP contribution in [0.15, 0.2) is 18.2 Å². The fraction of sp³-hybridized carbons (Fsp3) is 0.611. The smallest absolute Gasteiger partial charge is 0.224 e. The fourth-order valence-corrected chi connectivity index (χ4v) is 3.04. The van der Waals surface area contributed by atoms with E-state index in [4.69, 9.17) is 0 Å².